The molecule has 0 spiro atoms. The number of benzene rings is 2. The van der Waals surface area contributed by atoms with Crippen molar-refractivity contribution in [3.63, 3.8) is 0 Å². The van der Waals surface area contributed by atoms with E-state index in [2.05, 4.69) is 70.2 Å². The molecule has 5 nitrogen and oxygen atoms in total. The summed E-state index contributed by atoms with van der Waals surface area (Å²) in [5, 5.41) is 6.89. The predicted molar refractivity (Wildman–Crippen MR) is 122 cm³/mol. The maximum absolute atomic E-state index is 11.9. The van der Waals surface area contributed by atoms with Gasteiger partial charge in [0.25, 0.3) is 5.56 Å². The summed E-state index contributed by atoms with van der Waals surface area (Å²) in [5.41, 5.74) is 3.94. The average molecular weight is 401 g/mol. The number of aromatic nitrogens is 1. The summed E-state index contributed by atoms with van der Waals surface area (Å²) in [6, 6.07) is 24.3. The molecule has 1 fully saturated rings. The van der Waals surface area contributed by atoms with Gasteiger partial charge in [0.2, 0.25) is 0 Å². The molecule has 0 atom stereocenters. The van der Waals surface area contributed by atoms with E-state index in [1.54, 1.807) is 23.7 Å². The van der Waals surface area contributed by atoms with Crippen LogP contribution in [0.3, 0.4) is 0 Å². The highest BCUT2D eigenvalue weighted by Gasteiger charge is 2.43. The smallest absolute Gasteiger partial charge is 0.250 e. The molecule has 2 aromatic carbocycles. The van der Waals surface area contributed by atoms with Gasteiger partial charge in [-0.15, -0.1) is 0 Å². The second kappa shape index (κ2) is 8.99. The van der Waals surface area contributed by atoms with Crippen LogP contribution in [-0.2, 0) is 18.5 Å². The number of aliphatic imine (C=N–C) groups is 1. The molecule has 0 amide bonds. The maximum atomic E-state index is 11.9. The zero-order valence-corrected chi connectivity index (χ0v) is 17.3. The molecule has 0 radical (unpaired) electrons. The molecule has 30 heavy (non-hydrogen) atoms. The molecule has 154 valence electrons. The molecule has 3 aromatic rings. The van der Waals surface area contributed by atoms with Gasteiger partial charge in [-0.25, -0.2) is 0 Å². The van der Waals surface area contributed by atoms with Crippen LogP contribution in [0.25, 0.3) is 0 Å². The van der Waals surface area contributed by atoms with Gasteiger partial charge in [-0.1, -0.05) is 60.7 Å². The van der Waals surface area contributed by atoms with Gasteiger partial charge in [0.05, 0.1) is 6.54 Å². The van der Waals surface area contributed by atoms with E-state index in [-0.39, 0.29) is 11.0 Å². The summed E-state index contributed by atoms with van der Waals surface area (Å²) < 4.78 is 1.71. The molecule has 4 rings (SSSR count). The number of pyridine rings is 1. The van der Waals surface area contributed by atoms with Crippen molar-refractivity contribution in [2.24, 2.45) is 4.99 Å². The minimum Gasteiger partial charge on any atom is -0.356 e. The largest absolute Gasteiger partial charge is 0.356 e. The highest BCUT2D eigenvalue weighted by atomic mass is 16.1. The number of hydrogen-bond donors (Lipinski definition) is 2. The Kier molecular flexibility index (Phi) is 5.98. The van der Waals surface area contributed by atoms with Crippen LogP contribution in [0.1, 0.15) is 29.5 Å². The minimum absolute atomic E-state index is 0.0158. The van der Waals surface area contributed by atoms with Gasteiger partial charge < -0.3 is 15.2 Å². The minimum atomic E-state index is 0.0158. The van der Waals surface area contributed by atoms with Crippen molar-refractivity contribution in [2.45, 2.75) is 31.3 Å². The van der Waals surface area contributed by atoms with Gasteiger partial charge in [0.1, 0.15) is 0 Å². The SMILES string of the molecule is CN=C(NCc1ccc(Cn2ccccc2=O)cc1)NCC1(c2ccccc2)CC1. The Balaban J connectivity index is 1.29. The summed E-state index contributed by atoms with van der Waals surface area (Å²) >= 11 is 0. The lowest BCUT2D eigenvalue weighted by molar-refractivity contribution is 0.645. The Morgan fingerprint density at radius 1 is 0.933 bits per heavy atom. The van der Waals surface area contributed by atoms with Gasteiger partial charge in [0, 0.05) is 37.8 Å². The van der Waals surface area contributed by atoms with Crippen LogP contribution in [0, 0.1) is 0 Å². The Labute approximate surface area is 177 Å². The highest BCUT2D eigenvalue weighted by molar-refractivity contribution is 5.79. The van der Waals surface area contributed by atoms with Crippen molar-refractivity contribution < 1.29 is 0 Å². The summed E-state index contributed by atoms with van der Waals surface area (Å²) in [4.78, 5) is 16.2. The van der Waals surface area contributed by atoms with E-state index in [0.717, 1.165) is 18.1 Å². The van der Waals surface area contributed by atoms with Crippen molar-refractivity contribution >= 4 is 5.96 Å². The third-order valence-corrected chi connectivity index (χ3v) is 5.79. The lowest BCUT2D eigenvalue weighted by Gasteiger charge is -2.19. The van der Waals surface area contributed by atoms with E-state index in [9.17, 15) is 4.79 Å². The molecule has 0 bridgehead atoms. The van der Waals surface area contributed by atoms with Gasteiger partial charge >= 0.3 is 0 Å². The second-order valence-corrected chi connectivity index (χ2v) is 7.91. The topological polar surface area (TPSA) is 58.4 Å². The van der Waals surface area contributed by atoms with Gasteiger partial charge in [-0.05, 0) is 35.6 Å². The van der Waals surface area contributed by atoms with E-state index in [1.807, 2.05) is 12.3 Å². The summed E-state index contributed by atoms with van der Waals surface area (Å²) in [5.74, 6) is 0.817. The molecule has 1 heterocycles. The predicted octanol–water partition coefficient (Wildman–Crippen LogP) is 3.29. The lowest BCUT2D eigenvalue weighted by atomic mass is 9.96. The number of rotatable bonds is 7. The van der Waals surface area contributed by atoms with Crippen molar-refractivity contribution in [1.29, 1.82) is 0 Å². The highest BCUT2D eigenvalue weighted by Crippen LogP contribution is 2.47. The van der Waals surface area contributed by atoms with Gasteiger partial charge in [0.15, 0.2) is 5.96 Å². The Hall–Kier alpha value is -3.34. The van der Waals surface area contributed by atoms with Crippen LogP contribution < -0.4 is 16.2 Å². The molecular formula is C25H28N4O. The summed E-state index contributed by atoms with van der Waals surface area (Å²) in [6.45, 7) is 2.17. The van der Waals surface area contributed by atoms with Crippen LogP contribution >= 0.6 is 0 Å². The summed E-state index contributed by atoms with van der Waals surface area (Å²) in [6.07, 6.45) is 4.25. The van der Waals surface area contributed by atoms with Crippen molar-refractivity contribution in [3.05, 3.63) is 106 Å². The molecule has 1 saturated carbocycles. The first-order valence-corrected chi connectivity index (χ1v) is 10.4. The first-order valence-electron chi connectivity index (χ1n) is 10.4. The zero-order valence-electron chi connectivity index (χ0n) is 17.3. The fraction of sp³-hybridized carbons (Fsp3) is 0.280. The van der Waals surface area contributed by atoms with E-state index < -0.39 is 0 Å². The van der Waals surface area contributed by atoms with E-state index in [1.165, 1.54) is 24.0 Å². The molecule has 1 aliphatic carbocycles. The maximum Gasteiger partial charge on any atom is 0.250 e. The fourth-order valence-electron chi connectivity index (χ4n) is 3.72. The van der Waals surface area contributed by atoms with Crippen LogP contribution in [0.5, 0.6) is 0 Å². The van der Waals surface area contributed by atoms with Crippen LogP contribution in [0.2, 0.25) is 0 Å². The molecule has 1 aliphatic rings. The van der Waals surface area contributed by atoms with Crippen LogP contribution in [-0.4, -0.2) is 24.1 Å². The number of nitrogens with one attached hydrogen (secondary N) is 2. The lowest BCUT2D eigenvalue weighted by Crippen LogP contribution is -2.40. The second-order valence-electron chi connectivity index (χ2n) is 7.91. The normalized spacial score (nSPS) is 14.9. The third kappa shape index (κ3) is 4.79. The molecule has 0 unspecified atom stereocenters. The van der Waals surface area contributed by atoms with E-state index >= 15 is 0 Å². The van der Waals surface area contributed by atoms with Crippen molar-refractivity contribution in [1.82, 2.24) is 15.2 Å². The Bertz CT molecular complexity index is 1050. The third-order valence-electron chi connectivity index (χ3n) is 5.79. The number of nitrogens with zero attached hydrogens (tertiary/aromatic N) is 2. The van der Waals surface area contributed by atoms with Crippen molar-refractivity contribution in [3.8, 4) is 0 Å². The molecular weight excluding hydrogens is 372 g/mol. The molecule has 1 aromatic heterocycles. The van der Waals surface area contributed by atoms with E-state index in [4.69, 9.17) is 0 Å². The first kappa shape index (κ1) is 20.0. The number of hydrogen-bond acceptors (Lipinski definition) is 2. The zero-order chi connectivity index (χ0) is 20.8. The van der Waals surface area contributed by atoms with Crippen LogP contribution in [0.4, 0.5) is 0 Å². The molecule has 2 N–H and O–H groups in total. The molecule has 5 heteroatoms. The molecule has 0 aliphatic heterocycles. The quantitative estimate of drug-likeness (QED) is 0.473. The monoisotopic (exact) mass is 400 g/mol. The van der Waals surface area contributed by atoms with Crippen molar-refractivity contribution in [2.75, 3.05) is 13.6 Å². The fourth-order valence-corrected chi connectivity index (χ4v) is 3.72. The van der Waals surface area contributed by atoms with E-state index in [0.29, 0.717) is 13.1 Å². The van der Waals surface area contributed by atoms with Crippen LogP contribution in [0.15, 0.2) is 88.8 Å². The van der Waals surface area contributed by atoms with Gasteiger partial charge in [-0.2, -0.15) is 0 Å². The molecule has 0 saturated heterocycles. The average Bonchev–Trinajstić information content (AvgIpc) is 3.58. The summed E-state index contributed by atoms with van der Waals surface area (Å²) in [7, 11) is 1.80. The van der Waals surface area contributed by atoms with Gasteiger partial charge in [-0.3, -0.25) is 9.79 Å². The Morgan fingerprint density at radius 2 is 1.63 bits per heavy atom. The first-order chi connectivity index (χ1) is 14.7. The number of guanidine groups is 1. The Morgan fingerprint density at radius 3 is 2.30 bits per heavy atom. The standard InChI is InChI=1S/C25H28N4O/c1-26-24(28-19-25(14-15-25)22-7-3-2-4-8-22)27-17-20-10-12-21(13-11-20)18-29-16-6-5-9-23(29)30/h2-13,16H,14-15,17-19H2,1H3,(H2,26,27,28).